The summed E-state index contributed by atoms with van der Waals surface area (Å²) < 4.78 is 2.13. The van der Waals surface area contributed by atoms with Crippen LogP contribution >= 0.6 is 0 Å². The molecular formula is C9H14N2. The van der Waals surface area contributed by atoms with Gasteiger partial charge in [-0.1, -0.05) is 6.92 Å². The summed E-state index contributed by atoms with van der Waals surface area (Å²) in [7, 11) is 0. The predicted octanol–water partition coefficient (Wildman–Crippen LogP) is 2.09. The lowest BCUT2D eigenvalue weighted by atomic mass is 10.2. The molecule has 0 unspecified atom stereocenters. The minimum absolute atomic E-state index is 0.731. The van der Waals surface area contributed by atoms with Crippen LogP contribution in [0, 0.1) is 6.92 Å². The summed E-state index contributed by atoms with van der Waals surface area (Å²) >= 11 is 0. The van der Waals surface area contributed by atoms with Crippen LogP contribution in [0.2, 0.25) is 0 Å². The molecule has 0 atom stereocenters. The van der Waals surface area contributed by atoms with Gasteiger partial charge in [0.05, 0.1) is 11.7 Å². The van der Waals surface area contributed by atoms with Crippen LogP contribution in [0.15, 0.2) is 6.20 Å². The van der Waals surface area contributed by atoms with Crippen LogP contribution in [-0.2, 0) is 6.42 Å². The average Bonchev–Trinajstić information content (AvgIpc) is 2.76. The highest BCUT2D eigenvalue weighted by atomic mass is 15.3. The van der Waals surface area contributed by atoms with Gasteiger partial charge in [0.2, 0.25) is 0 Å². The van der Waals surface area contributed by atoms with Gasteiger partial charge in [-0.2, -0.15) is 5.10 Å². The maximum atomic E-state index is 4.46. The molecule has 11 heavy (non-hydrogen) atoms. The molecule has 0 aliphatic heterocycles. The van der Waals surface area contributed by atoms with Crippen LogP contribution in [0.3, 0.4) is 0 Å². The van der Waals surface area contributed by atoms with Crippen molar-refractivity contribution in [3.05, 3.63) is 17.5 Å². The molecule has 0 bridgehead atoms. The zero-order chi connectivity index (χ0) is 7.84. The third-order valence-electron chi connectivity index (χ3n) is 2.32. The van der Waals surface area contributed by atoms with E-state index < -0.39 is 0 Å². The van der Waals surface area contributed by atoms with Crippen LogP contribution < -0.4 is 0 Å². The van der Waals surface area contributed by atoms with Crippen molar-refractivity contribution in [2.75, 3.05) is 0 Å². The third-order valence-corrected chi connectivity index (χ3v) is 2.32. The van der Waals surface area contributed by atoms with Gasteiger partial charge < -0.3 is 0 Å². The Kier molecular flexibility index (Phi) is 1.48. The van der Waals surface area contributed by atoms with E-state index in [1.807, 2.05) is 0 Å². The molecule has 2 heteroatoms. The van der Waals surface area contributed by atoms with Gasteiger partial charge in [0, 0.05) is 6.20 Å². The van der Waals surface area contributed by atoms with Crippen molar-refractivity contribution < 1.29 is 0 Å². The molecule has 0 radical (unpaired) electrons. The summed E-state index contributed by atoms with van der Waals surface area (Å²) in [5, 5.41) is 4.46. The first-order valence-electron chi connectivity index (χ1n) is 4.36. The smallest absolute Gasteiger partial charge is 0.0625 e. The molecule has 1 heterocycles. The summed E-state index contributed by atoms with van der Waals surface area (Å²) in [5.41, 5.74) is 2.61. The fourth-order valence-corrected chi connectivity index (χ4v) is 1.39. The molecule has 60 valence electrons. The SMILES string of the molecule is CCc1cn(C2CC2)nc1C. The lowest BCUT2D eigenvalue weighted by Crippen LogP contribution is -1.93. The van der Waals surface area contributed by atoms with Gasteiger partial charge in [0.25, 0.3) is 0 Å². The van der Waals surface area contributed by atoms with Gasteiger partial charge in [-0.05, 0) is 31.7 Å². The van der Waals surface area contributed by atoms with E-state index in [2.05, 4.69) is 29.8 Å². The quantitative estimate of drug-likeness (QED) is 0.631. The summed E-state index contributed by atoms with van der Waals surface area (Å²) in [6, 6.07) is 0.731. The zero-order valence-electron chi connectivity index (χ0n) is 7.17. The van der Waals surface area contributed by atoms with Gasteiger partial charge in [0.1, 0.15) is 0 Å². The van der Waals surface area contributed by atoms with Gasteiger partial charge in [-0.25, -0.2) is 0 Å². The van der Waals surface area contributed by atoms with Crippen LogP contribution in [0.1, 0.15) is 37.1 Å². The fraction of sp³-hybridized carbons (Fsp3) is 0.667. The van der Waals surface area contributed by atoms with E-state index in [-0.39, 0.29) is 0 Å². The highest BCUT2D eigenvalue weighted by Crippen LogP contribution is 2.34. The van der Waals surface area contributed by atoms with Crippen molar-refractivity contribution >= 4 is 0 Å². The van der Waals surface area contributed by atoms with Crippen LogP contribution in [0.25, 0.3) is 0 Å². The van der Waals surface area contributed by atoms with Crippen molar-refractivity contribution in [1.82, 2.24) is 9.78 Å². The Balaban J connectivity index is 2.28. The van der Waals surface area contributed by atoms with Crippen molar-refractivity contribution in [3.8, 4) is 0 Å². The molecule has 1 aromatic heterocycles. The summed E-state index contributed by atoms with van der Waals surface area (Å²) in [5.74, 6) is 0. The lowest BCUT2D eigenvalue weighted by Gasteiger charge is -1.92. The normalized spacial score (nSPS) is 17.3. The van der Waals surface area contributed by atoms with E-state index in [1.165, 1.54) is 24.1 Å². The number of hydrogen-bond acceptors (Lipinski definition) is 1. The van der Waals surface area contributed by atoms with Crippen molar-refractivity contribution in [1.29, 1.82) is 0 Å². The zero-order valence-corrected chi connectivity index (χ0v) is 7.17. The maximum absolute atomic E-state index is 4.46. The molecule has 2 rings (SSSR count). The Hall–Kier alpha value is -0.790. The standard InChI is InChI=1S/C9H14N2/c1-3-8-6-11(9-4-5-9)10-7(8)2/h6,9H,3-5H2,1-2H3. The van der Waals surface area contributed by atoms with E-state index in [9.17, 15) is 0 Å². The first-order chi connectivity index (χ1) is 5.31. The second kappa shape index (κ2) is 2.36. The van der Waals surface area contributed by atoms with Gasteiger partial charge in [0.15, 0.2) is 0 Å². The Morgan fingerprint density at radius 1 is 1.64 bits per heavy atom. The molecule has 1 saturated carbocycles. The molecule has 2 nitrogen and oxygen atoms in total. The first kappa shape index (κ1) is 6.89. The van der Waals surface area contributed by atoms with Gasteiger partial charge in [-0.3, -0.25) is 4.68 Å². The molecule has 1 aliphatic carbocycles. The van der Waals surface area contributed by atoms with Crippen molar-refractivity contribution in [2.45, 2.75) is 39.2 Å². The predicted molar refractivity (Wildman–Crippen MR) is 44.6 cm³/mol. The Morgan fingerprint density at radius 2 is 2.36 bits per heavy atom. The van der Waals surface area contributed by atoms with Crippen LogP contribution in [0.5, 0.6) is 0 Å². The highest BCUT2D eigenvalue weighted by Gasteiger charge is 2.24. The minimum Gasteiger partial charge on any atom is -0.269 e. The Labute approximate surface area is 67.2 Å². The van der Waals surface area contributed by atoms with E-state index in [4.69, 9.17) is 0 Å². The van der Waals surface area contributed by atoms with Crippen LogP contribution in [0.4, 0.5) is 0 Å². The lowest BCUT2D eigenvalue weighted by molar-refractivity contribution is 0.635. The number of aryl methyl sites for hydroxylation is 2. The maximum Gasteiger partial charge on any atom is 0.0625 e. The molecule has 0 spiro atoms. The second-order valence-corrected chi connectivity index (χ2v) is 3.30. The number of rotatable bonds is 2. The Morgan fingerprint density at radius 3 is 2.82 bits per heavy atom. The van der Waals surface area contributed by atoms with Gasteiger partial charge in [-0.15, -0.1) is 0 Å². The number of nitrogens with zero attached hydrogens (tertiary/aromatic N) is 2. The van der Waals surface area contributed by atoms with Crippen molar-refractivity contribution in [2.24, 2.45) is 0 Å². The summed E-state index contributed by atoms with van der Waals surface area (Å²) in [6.07, 6.45) is 5.96. The largest absolute Gasteiger partial charge is 0.269 e. The average molecular weight is 150 g/mol. The first-order valence-corrected chi connectivity index (χ1v) is 4.36. The monoisotopic (exact) mass is 150 g/mol. The molecule has 1 aromatic rings. The second-order valence-electron chi connectivity index (χ2n) is 3.30. The van der Waals surface area contributed by atoms with E-state index in [0.29, 0.717) is 0 Å². The summed E-state index contributed by atoms with van der Waals surface area (Å²) in [6.45, 7) is 4.28. The fourth-order valence-electron chi connectivity index (χ4n) is 1.39. The molecule has 1 fully saturated rings. The molecule has 1 aliphatic rings. The highest BCUT2D eigenvalue weighted by molar-refractivity contribution is 5.15. The van der Waals surface area contributed by atoms with E-state index in [1.54, 1.807) is 0 Å². The van der Waals surface area contributed by atoms with E-state index in [0.717, 1.165) is 12.5 Å². The van der Waals surface area contributed by atoms with E-state index >= 15 is 0 Å². The number of aromatic nitrogens is 2. The van der Waals surface area contributed by atoms with Crippen LogP contribution in [-0.4, -0.2) is 9.78 Å². The van der Waals surface area contributed by atoms with Gasteiger partial charge >= 0.3 is 0 Å². The minimum atomic E-state index is 0.731. The Bertz CT molecular complexity index is 259. The molecule has 0 N–H and O–H groups in total. The molecule has 0 saturated heterocycles. The third kappa shape index (κ3) is 1.17. The van der Waals surface area contributed by atoms with Crippen molar-refractivity contribution in [3.63, 3.8) is 0 Å². The molecule has 0 amide bonds. The molecular weight excluding hydrogens is 136 g/mol. The summed E-state index contributed by atoms with van der Waals surface area (Å²) in [4.78, 5) is 0. The number of hydrogen-bond donors (Lipinski definition) is 0. The topological polar surface area (TPSA) is 17.8 Å². The molecule has 0 aromatic carbocycles.